The predicted molar refractivity (Wildman–Crippen MR) is 99.7 cm³/mol. The van der Waals surface area contributed by atoms with E-state index >= 15 is 0 Å². The van der Waals surface area contributed by atoms with E-state index in [-0.39, 0.29) is 29.9 Å². The molecule has 1 N–H and O–H groups in total. The van der Waals surface area contributed by atoms with Crippen LogP contribution in [0.3, 0.4) is 0 Å². The van der Waals surface area contributed by atoms with Crippen LogP contribution >= 0.6 is 11.8 Å². The van der Waals surface area contributed by atoms with Crippen LogP contribution in [0.1, 0.15) is 37.3 Å². The van der Waals surface area contributed by atoms with Crippen LogP contribution in [-0.4, -0.2) is 35.6 Å². The van der Waals surface area contributed by atoms with Crippen molar-refractivity contribution in [2.45, 2.75) is 33.1 Å². The van der Waals surface area contributed by atoms with Gasteiger partial charge in [0.05, 0.1) is 22.4 Å². The molecule has 0 unspecified atom stereocenters. The van der Waals surface area contributed by atoms with Gasteiger partial charge in [0.2, 0.25) is 11.8 Å². The first-order chi connectivity index (χ1) is 12.0. The highest BCUT2D eigenvalue weighted by molar-refractivity contribution is 8.03. The fourth-order valence-corrected chi connectivity index (χ4v) is 3.80. The smallest absolute Gasteiger partial charge is 0.232 e. The molecule has 1 aliphatic rings. The monoisotopic (exact) mass is 357 g/mol. The SMILES string of the molecule is CCN(CC)C(=O)CSC1=C(C#N)[C@H](c2ccc(C)cc2)CC(=O)N1. The molecule has 0 spiro atoms. The molecule has 0 bridgehead atoms. The molecule has 2 amide bonds. The van der Waals surface area contributed by atoms with Crippen molar-refractivity contribution in [3.63, 3.8) is 0 Å². The van der Waals surface area contributed by atoms with Crippen molar-refractivity contribution in [1.29, 1.82) is 5.26 Å². The van der Waals surface area contributed by atoms with E-state index in [2.05, 4.69) is 11.4 Å². The Morgan fingerprint density at radius 2 is 1.96 bits per heavy atom. The number of allylic oxidation sites excluding steroid dienone is 1. The van der Waals surface area contributed by atoms with E-state index in [9.17, 15) is 14.9 Å². The van der Waals surface area contributed by atoms with Gasteiger partial charge in [0, 0.05) is 25.4 Å². The van der Waals surface area contributed by atoms with Crippen molar-refractivity contribution in [3.8, 4) is 6.07 Å². The van der Waals surface area contributed by atoms with E-state index in [1.54, 1.807) is 4.90 Å². The van der Waals surface area contributed by atoms with Gasteiger partial charge in [0.1, 0.15) is 0 Å². The summed E-state index contributed by atoms with van der Waals surface area (Å²) in [6.07, 6.45) is 0.250. The zero-order valence-corrected chi connectivity index (χ0v) is 15.7. The van der Waals surface area contributed by atoms with Crippen LogP contribution in [0.25, 0.3) is 0 Å². The van der Waals surface area contributed by atoms with Gasteiger partial charge in [-0.1, -0.05) is 41.6 Å². The second-order valence-corrected chi connectivity index (χ2v) is 6.91. The summed E-state index contributed by atoms with van der Waals surface area (Å²) < 4.78 is 0. The van der Waals surface area contributed by atoms with Crippen molar-refractivity contribution in [3.05, 3.63) is 46.0 Å². The van der Waals surface area contributed by atoms with E-state index < -0.39 is 0 Å². The van der Waals surface area contributed by atoms with Gasteiger partial charge in [-0.3, -0.25) is 9.59 Å². The third-order valence-corrected chi connectivity index (χ3v) is 5.29. The second kappa shape index (κ2) is 8.72. The molecule has 132 valence electrons. The molecule has 1 atom stereocenters. The lowest BCUT2D eigenvalue weighted by Gasteiger charge is -2.25. The van der Waals surface area contributed by atoms with E-state index in [0.29, 0.717) is 23.7 Å². The van der Waals surface area contributed by atoms with Gasteiger partial charge in [0.15, 0.2) is 0 Å². The first-order valence-corrected chi connectivity index (χ1v) is 9.39. The number of benzene rings is 1. The summed E-state index contributed by atoms with van der Waals surface area (Å²) in [6, 6.07) is 10.1. The zero-order chi connectivity index (χ0) is 18.4. The third-order valence-electron chi connectivity index (χ3n) is 4.29. The molecule has 2 rings (SSSR count). The standard InChI is InChI=1S/C19H23N3O2S/c1-4-22(5-2)18(24)12-25-19-16(11-20)15(10-17(23)21-19)14-8-6-13(3)7-9-14/h6-9,15H,4-5,10,12H2,1-3H3,(H,21,23)/t15-/m0/s1. The van der Waals surface area contributed by atoms with Gasteiger partial charge >= 0.3 is 0 Å². The molecule has 0 saturated carbocycles. The molecule has 0 fully saturated rings. The topological polar surface area (TPSA) is 73.2 Å². The van der Waals surface area contributed by atoms with Crippen LogP contribution in [0.4, 0.5) is 0 Å². The molecular formula is C19H23N3O2S. The van der Waals surface area contributed by atoms with Crippen LogP contribution in [0.5, 0.6) is 0 Å². The molecule has 25 heavy (non-hydrogen) atoms. The number of carbonyl (C=O) groups excluding carboxylic acids is 2. The van der Waals surface area contributed by atoms with E-state index in [0.717, 1.165) is 11.1 Å². The predicted octanol–water partition coefficient (Wildman–Crippen LogP) is 2.94. The van der Waals surface area contributed by atoms with Gasteiger partial charge in [-0.15, -0.1) is 0 Å². The highest BCUT2D eigenvalue weighted by atomic mass is 32.2. The van der Waals surface area contributed by atoms with Crippen molar-refractivity contribution >= 4 is 23.6 Å². The van der Waals surface area contributed by atoms with E-state index in [1.807, 2.05) is 45.0 Å². The molecule has 1 aromatic rings. The minimum absolute atomic E-state index is 0.00602. The summed E-state index contributed by atoms with van der Waals surface area (Å²) in [7, 11) is 0. The van der Waals surface area contributed by atoms with Crippen LogP contribution in [0, 0.1) is 18.3 Å². The highest BCUT2D eigenvalue weighted by Crippen LogP contribution is 2.36. The number of amides is 2. The Balaban J connectivity index is 2.24. The molecule has 1 aliphatic heterocycles. The Labute approximate surface area is 153 Å². The lowest BCUT2D eigenvalue weighted by molar-refractivity contribution is -0.128. The second-order valence-electron chi connectivity index (χ2n) is 5.92. The molecule has 0 aromatic heterocycles. The summed E-state index contributed by atoms with van der Waals surface area (Å²) in [5.41, 5.74) is 2.61. The van der Waals surface area contributed by atoms with Crippen LogP contribution in [0.2, 0.25) is 0 Å². The minimum atomic E-state index is -0.259. The van der Waals surface area contributed by atoms with Crippen LogP contribution < -0.4 is 5.32 Å². The maximum atomic E-state index is 12.2. The number of nitrogens with zero attached hydrogens (tertiary/aromatic N) is 2. The van der Waals surface area contributed by atoms with Crippen LogP contribution in [-0.2, 0) is 9.59 Å². The van der Waals surface area contributed by atoms with Crippen molar-refractivity contribution in [2.75, 3.05) is 18.8 Å². The van der Waals surface area contributed by atoms with Crippen molar-refractivity contribution in [1.82, 2.24) is 10.2 Å². The summed E-state index contributed by atoms with van der Waals surface area (Å²) in [4.78, 5) is 26.1. The van der Waals surface area contributed by atoms with Gasteiger partial charge in [-0.2, -0.15) is 5.26 Å². The lowest BCUT2D eigenvalue weighted by atomic mass is 9.87. The zero-order valence-electron chi connectivity index (χ0n) is 14.8. The average Bonchev–Trinajstić information content (AvgIpc) is 2.61. The Bertz CT molecular complexity index is 715. The van der Waals surface area contributed by atoms with Gasteiger partial charge < -0.3 is 10.2 Å². The van der Waals surface area contributed by atoms with E-state index in [4.69, 9.17) is 0 Å². The maximum Gasteiger partial charge on any atom is 0.232 e. The number of nitrogens with one attached hydrogen (secondary N) is 1. The van der Waals surface area contributed by atoms with Crippen molar-refractivity contribution in [2.24, 2.45) is 0 Å². The number of hydrogen-bond donors (Lipinski definition) is 1. The van der Waals surface area contributed by atoms with Gasteiger partial charge in [-0.05, 0) is 26.3 Å². The molecule has 1 aromatic carbocycles. The Kier molecular flexibility index (Phi) is 6.65. The molecule has 0 saturated heterocycles. The van der Waals surface area contributed by atoms with Crippen LogP contribution in [0.15, 0.2) is 34.9 Å². The summed E-state index contributed by atoms with van der Waals surface area (Å²) in [6.45, 7) is 7.17. The first-order valence-electron chi connectivity index (χ1n) is 8.41. The summed E-state index contributed by atoms with van der Waals surface area (Å²) in [5.74, 6) is -0.164. The number of nitriles is 1. The summed E-state index contributed by atoms with van der Waals surface area (Å²) >= 11 is 1.24. The molecule has 5 nitrogen and oxygen atoms in total. The normalized spacial score (nSPS) is 17.0. The van der Waals surface area contributed by atoms with Crippen molar-refractivity contribution < 1.29 is 9.59 Å². The molecule has 1 heterocycles. The molecular weight excluding hydrogens is 334 g/mol. The molecule has 0 aliphatic carbocycles. The fourth-order valence-electron chi connectivity index (χ4n) is 2.82. The number of carbonyl (C=O) groups is 2. The third kappa shape index (κ3) is 4.64. The Morgan fingerprint density at radius 1 is 1.32 bits per heavy atom. The Morgan fingerprint density at radius 3 is 2.52 bits per heavy atom. The molecule has 0 radical (unpaired) electrons. The largest absolute Gasteiger partial charge is 0.343 e. The summed E-state index contributed by atoms with van der Waals surface area (Å²) in [5, 5.41) is 12.9. The van der Waals surface area contributed by atoms with E-state index in [1.165, 1.54) is 11.8 Å². The van der Waals surface area contributed by atoms with Gasteiger partial charge in [-0.25, -0.2) is 0 Å². The highest BCUT2D eigenvalue weighted by Gasteiger charge is 2.30. The average molecular weight is 357 g/mol. The fraction of sp³-hybridized carbons (Fsp3) is 0.421. The number of rotatable bonds is 6. The number of hydrogen-bond acceptors (Lipinski definition) is 4. The Hall–Kier alpha value is -2.26. The van der Waals surface area contributed by atoms with Gasteiger partial charge in [0.25, 0.3) is 0 Å². The number of aryl methyl sites for hydroxylation is 1. The minimum Gasteiger partial charge on any atom is -0.343 e. The maximum absolute atomic E-state index is 12.2. The number of thioether (sulfide) groups is 1. The quantitative estimate of drug-likeness (QED) is 0.849. The lowest BCUT2D eigenvalue weighted by Crippen LogP contribution is -2.34. The molecule has 6 heteroatoms. The first kappa shape index (κ1) is 19.1.